The molecule has 0 aliphatic rings. The van der Waals surface area contributed by atoms with E-state index >= 15 is 0 Å². The molecule has 4 aromatic heterocycles. The summed E-state index contributed by atoms with van der Waals surface area (Å²) in [5.74, 6) is 1.51. The van der Waals surface area contributed by atoms with E-state index in [1.54, 1.807) is 6.20 Å². The number of aromatic nitrogens is 6. The van der Waals surface area contributed by atoms with Gasteiger partial charge in [-0.3, -0.25) is 0 Å². The van der Waals surface area contributed by atoms with E-state index in [0.717, 1.165) is 45.1 Å². The van der Waals surface area contributed by atoms with E-state index < -0.39 is 0 Å². The zero-order chi connectivity index (χ0) is 22.4. The topological polar surface area (TPSA) is 77.3 Å². The maximum absolute atomic E-state index is 6.02. The lowest BCUT2D eigenvalue weighted by Gasteiger charge is -2.14. The van der Waals surface area contributed by atoms with Crippen LogP contribution in [-0.2, 0) is 13.6 Å². The Hall–Kier alpha value is -3.94. The van der Waals surface area contributed by atoms with Crippen LogP contribution >= 0.6 is 0 Å². The fraction of sp³-hybridized carbons (Fsp3) is 0.250. The number of aryl methyl sites for hydroxylation is 3. The number of hydrogen-bond acceptors (Lipinski definition) is 6. The molecule has 162 valence electrons. The number of benzene rings is 1. The van der Waals surface area contributed by atoms with Gasteiger partial charge >= 0.3 is 6.01 Å². The zero-order valence-corrected chi connectivity index (χ0v) is 18.9. The van der Waals surface area contributed by atoms with Gasteiger partial charge in [-0.25, -0.2) is 9.97 Å². The molecule has 0 atom stereocenters. The lowest BCUT2D eigenvalue weighted by atomic mass is 10.0. The molecule has 8 nitrogen and oxygen atoms in total. The molecule has 0 fully saturated rings. The lowest BCUT2D eigenvalue weighted by molar-refractivity contribution is 0.554. The maximum Gasteiger partial charge on any atom is 0.318 e. The molecule has 0 N–H and O–H groups in total. The van der Waals surface area contributed by atoms with Crippen LogP contribution in [-0.4, -0.2) is 36.2 Å². The molecule has 0 unspecified atom stereocenters. The lowest BCUT2D eigenvalue weighted by Crippen LogP contribution is -2.17. The molecular formula is C24H25N7O. The first-order valence-electron chi connectivity index (χ1n) is 10.5. The minimum atomic E-state index is 0.479. The summed E-state index contributed by atoms with van der Waals surface area (Å²) >= 11 is 0. The summed E-state index contributed by atoms with van der Waals surface area (Å²) in [6, 6.07) is 10.8. The second kappa shape index (κ2) is 7.64. The molecule has 5 aromatic rings. The molecule has 0 aliphatic heterocycles. The third-order valence-electron chi connectivity index (χ3n) is 5.83. The molecule has 8 heteroatoms. The van der Waals surface area contributed by atoms with Gasteiger partial charge in [-0.05, 0) is 50.1 Å². The Bertz CT molecular complexity index is 1430. The van der Waals surface area contributed by atoms with E-state index in [2.05, 4.69) is 56.1 Å². The van der Waals surface area contributed by atoms with Crippen molar-refractivity contribution < 1.29 is 4.42 Å². The highest BCUT2D eigenvalue weighted by molar-refractivity contribution is 5.70. The van der Waals surface area contributed by atoms with Crippen LogP contribution in [0, 0.1) is 20.8 Å². The quantitative estimate of drug-likeness (QED) is 0.415. The zero-order valence-electron chi connectivity index (χ0n) is 18.9. The Morgan fingerprint density at radius 2 is 1.91 bits per heavy atom. The number of nitrogens with zero attached hydrogens (tertiary/aromatic N) is 7. The van der Waals surface area contributed by atoms with Gasteiger partial charge in [0.1, 0.15) is 11.5 Å². The molecule has 32 heavy (non-hydrogen) atoms. The van der Waals surface area contributed by atoms with Crippen LogP contribution in [0.25, 0.3) is 28.4 Å². The van der Waals surface area contributed by atoms with E-state index in [9.17, 15) is 0 Å². The smallest absolute Gasteiger partial charge is 0.318 e. The van der Waals surface area contributed by atoms with Crippen molar-refractivity contribution in [1.29, 1.82) is 0 Å². The molecule has 0 radical (unpaired) electrons. The summed E-state index contributed by atoms with van der Waals surface area (Å²) in [5, 5.41) is 8.57. The standard InChI is InChI=1S/C24H25N7O/c1-15-12-19(22-16(2)26-17(3)30(22)5)7-8-20(15)23-27-28-24(32-23)29(4)13-18-6-9-21-25-10-11-31(21)14-18/h6-12,14H,13H2,1-5H3. The van der Waals surface area contributed by atoms with Gasteiger partial charge in [0.15, 0.2) is 0 Å². The fourth-order valence-corrected chi connectivity index (χ4v) is 4.11. The van der Waals surface area contributed by atoms with Crippen molar-refractivity contribution in [3.63, 3.8) is 0 Å². The molecule has 0 spiro atoms. The average molecular weight is 428 g/mol. The molecule has 4 heterocycles. The van der Waals surface area contributed by atoms with Crippen LogP contribution < -0.4 is 4.90 Å². The van der Waals surface area contributed by atoms with Crippen LogP contribution in [0.5, 0.6) is 0 Å². The van der Waals surface area contributed by atoms with Crippen molar-refractivity contribution in [3.05, 3.63) is 71.6 Å². The second-order valence-electron chi connectivity index (χ2n) is 8.16. The highest BCUT2D eigenvalue weighted by atomic mass is 16.4. The van der Waals surface area contributed by atoms with Crippen molar-refractivity contribution in [1.82, 2.24) is 29.1 Å². The monoisotopic (exact) mass is 427 g/mol. The molecule has 0 saturated carbocycles. The van der Waals surface area contributed by atoms with Gasteiger partial charge < -0.3 is 18.3 Å². The van der Waals surface area contributed by atoms with Gasteiger partial charge in [0, 0.05) is 50.4 Å². The highest BCUT2D eigenvalue weighted by Crippen LogP contribution is 2.31. The van der Waals surface area contributed by atoms with E-state index in [-0.39, 0.29) is 0 Å². The van der Waals surface area contributed by atoms with E-state index in [1.807, 2.05) is 55.6 Å². The molecular weight excluding hydrogens is 402 g/mol. The van der Waals surface area contributed by atoms with Gasteiger partial charge in [0.2, 0.25) is 5.89 Å². The molecule has 0 bridgehead atoms. The third kappa shape index (κ3) is 3.43. The Labute approximate surface area is 186 Å². The Morgan fingerprint density at radius 3 is 2.66 bits per heavy atom. The number of rotatable bonds is 5. The summed E-state index contributed by atoms with van der Waals surface area (Å²) in [6.45, 7) is 6.76. The molecule has 0 amide bonds. The first kappa shape index (κ1) is 20.0. The second-order valence-corrected chi connectivity index (χ2v) is 8.16. The Morgan fingerprint density at radius 1 is 1.06 bits per heavy atom. The molecule has 0 aliphatic carbocycles. The summed E-state index contributed by atoms with van der Waals surface area (Å²) in [5.41, 5.74) is 7.32. The largest absolute Gasteiger partial charge is 0.403 e. The van der Waals surface area contributed by atoms with Gasteiger partial charge in [-0.2, -0.15) is 0 Å². The number of hydrogen-bond donors (Lipinski definition) is 0. The summed E-state index contributed by atoms with van der Waals surface area (Å²) < 4.78 is 10.1. The first-order valence-corrected chi connectivity index (χ1v) is 10.5. The molecule has 1 aromatic carbocycles. The van der Waals surface area contributed by atoms with E-state index in [0.29, 0.717) is 18.5 Å². The van der Waals surface area contributed by atoms with Crippen molar-refractivity contribution in [3.8, 4) is 22.7 Å². The molecule has 0 saturated heterocycles. The van der Waals surface area contributed by atoms with Crippen LogP contribution in [0.15, 0.2) is 53.3 Å². The minimum Gasteiger partial charge on any atom is -0.403 e. The van der Waals surface area contributed by atoms with Gasteiger partial charge in [-0.15, -0.1) is 5.10 Å². The third-order valence-corrected chi connectivity index (χ3v) is 5.83. The van der Waals surface area contributed by atoms with Crippen LogP contribution in [0.2, 0.25) is 0 Å². The normalized spacial score (nSPS) is 11.4. The Kier molecular flexibility index (Phi) is 4.77. The predicted molar refractivity (Wildman–Crippen MR) is 123 cm³/mol. The number of pyridine rings is 1. The van der Waals surface area contributed by atoms with Crippen molar-refractivity contribution >= 4 is 11.7 Å². The van der Waals surface area contributed by atoms with Crippen LogP contribution in [0.1, 0.15) is 22.6 Å². The van der Waals surface area contributed by atoms with E-state index in [1.165, 1.54) is 0 Å². The van der Waals surface area contributed by atoms with Gasteiger partial charge in [0.25, 0.3) is 0 Å². The summed E-state index contributed by atoms with van der Waals surface area (Å²) in [6.07, 6.45) is 5.78. The Balaban J connectivity index is 1.39. The maximum atomic E-state index is 6.02. The fourth-order valence-electron chi connectivity index (χ4n) is 4.11. The predicted octanol–water partition coefficient (Wildman–Crippen LogP) is 4.35. The van der Waals surface area contributed by atoms with Crippen molar-refractivity contribution in [2.24, 2.45) is 7.05 Å². The first-order chi connectivity index (χ1) is 15.4. The SMILES string of the molecule is Cc1cc(-c2c(C)nc(C)n2C)ccc1-c1nnc(N(C)Cc2ccc3nccn3c2)o1. The van der Waals surface area contributed by atoms with Crippen LogP contribution in [0.3, 0.4) is 0 Å². The summed E-state index contributed by atoms with van der Waals surface area (Å²) in [4.78, 5) is 10.8. The van der Waals surface area contributed by atoms with Gasteiger partial charge in [0.05, 0.1) is 11.4 Å². The number of imidazole rings is 2. The minimum absolute atomic E-state index is 0.479. The van der Waals surface area contributed by atoms with E-state index in [4.69, 9.17) is 4.42 Å². The number of fused-ring (bicyclic) bond motifs is 1. The van der Waals surface area contributed by atoms with Crippen LogP contribution in [0.4, 0.5) is 6.01 Å². The van der Waals surface area contributed by atoms with Crippen molar-refractivity contribution in [2.75, 3.05) is 11.9 Å². The van der Waals surface area contributed by atoms with Gasteiger partial charge in [-0.1, -0.05) is 17.2 Å². The summed E-state index contributed by atoms with van der Waals surface area (Å²) in [7, 11) is 3.98. The highest BCUT2D eigenvalue weighted by Gasteiger charge is 2.17. The van der Waals surface area contributed by atoms with Crippen molar-refractivity contribution in [2.45, 2.75) is 27.3 Å². The number of anilines is 1. The average Bonchev–Trinajstić information content (AvgIpc) is 3.48. The molecule has 5 rings (SSSR count).